The van der Waals surface area contributed by atoms with Gasteiger partial charge in [-0.05, 0) is 43.3 Å². The molecule has 0 atom stereocenters. The second kappa shape index (κ2) is 9.45. The molecule has 0 saturated heterocycles. The number of hydrogen-bond donors (Lipinski definition) is 2. The van der Waals surface area contributed by atoms with E-state index in [9.17, 15) is 14.4 Å². The fourth-order valence-corrected chi connectivity index (χ4v) is 2.51. The van der Waals surface area contributed by atoms with Crippen molar-refractivity contribution in [2.45, 2.75) is 6.92 Å². The van der Waals surface area contributed by atoms with Crippen molar-refractivity contribution in [3.05, 3.63) is 48.0 Å². The molecule has 3 amide bonds. The van der Waals surface area contributed by atoms with Crippen LogP contribution in [0.3, 0.4) is 0 Å². The van der Waals surface area contributed by atoms with Gasteiger partial charge in [-0.15, -0.1) is 0 Å². The normalized spacial score (nSPS) is 11.9. The molecule has 2 aromatic carbocycles. The van der Waals surface area contributed by atoms with Gasteiger partial charge in [0.05, 0.1) is 12.2 Å². The van der Waals surface area contributed by atoms with Crippen molar-refractivity contribution in [3.63, 3.8) is 0 Å². The maximum atomic E-state index is 12.0. The first-order valence-electron chi connectivity index (χ1n) is 8.95. The maximum absolute atomic E-state index is 12.0. The minimum atomic E-state index is -0.765. The van der Waals surface area contributed by atoms with Crippen molar-refractivity contribution in [1.29, 1.82) is 0 Å². The molecule has 9 heteroatoms. The molecule has 1 aliphatic rings. The smallest absolute Gasteiger partial charge is 0.338 e. The molecule has 0 aromatic heterocycles. The fourth-order valence-electron chi connectivity index (χ4n) is 2.51. The predicted molar refractivity (Wildman–Crippen MR) is 102 cm³/mol. The van der Waals surface area contributed by atoms with Crippen molar-refractivity contribution in [2.75, 3.05) is 31.7 Å². The Morgan fingerprint density at radius 1 is 1.00 bits per heavy atom. The Morgan fingerprint density at radius 2 is 1.72 bits per heavy atom. The van der Waals surface area contributed by atoms with Crippen LogP contribution in [0, 0.1) is 0 Å². The van der Waals surface area contributed by atoms with Gasteiger partial charge in [0.1, 0.15) is 19.0 Å². The fraction of sp³-hybridized carbons (Fsp3) is 0.250. The number of nitrogens with one attached hydrogen (secondary N) is 2. The summed E-state index contributed by atoms with van der Waals surface area (Å²) in [6, 6.07) is 10.4. The highest BCUT2D eigenvalue weighted by Crippen LogP contribution is 2.32. The average molecular weight is 400 g/mol. The van der Waals surface area contributed by atoms with Gasteiger partial charge in [-0.1, -0.05) is 0 Å². The molecular formula is C20H20N2O7. The summed E-state index contributed by atoms with van der Waals surface area (Å²) in [5.41, 5.74) is 0.688. The number of hydrogen-bond acceptors (Lipinski definition) is 7. The van der Waals surface area contributed by atoms with Crippen LogP contribution in [0.2, 0.25) is 0 Å². The summed E-state index contributed by atoms with van der Waals surface area (Å²) in [7, 11) is 0. The summed E-state index contributed by atoms with van der Waals surface area (Å²) in [4.78, 5) is 35.7. The SMILES string of the molecule is CCOc1ccc(C(=O)OCC(=O)NC(=O)Nc2ccc3c(c2)OCCO3)cc1. The van der Waals surface area contributed by atoms with E-state index in [2.05, 4.69) is 10.6 Å². The summed E-state index contributed by atoms with van der Waals surface area (Å²) in [6.45, 7) is 2.65. The number of carbonyl (C=O) groups excluding carboxylic acids is 3. The number of carbonyl (C=O) groups is 3. The van der Waals surface area contributed by atoms with Crippen LogP contribution in [0.15, 0.2) is 42.5 Å². The second-order valence-corrected chi connectivity index (χ2v) is 5.89. The Kier molecular flexibility index (Phi) is 6.51. The van der Waals surface area contributed by atoms with Crippen LogP contribution in [0.25, 0.3) is 0 Å². The van der Waals surface area contributed by atoms with Gasteiger partial charge >= 0.3 is 12.0 Å². The van der Waals surface area contributed by atoms with Crippen molar-refractivity contribution in [1.82, 2.24) is 5.32 Å². The standard InChI is InChI=1S/C20H20N2O7/c1-2-26-15-6-3-13(4-7-15)19(24)29-12-18(23)22-20(25)21-14-5-8-16-17(11-14)28-10-9-27-16/h3-8,11H,2,9-10,12H2,1H3,(H2,21,22,23,25). The molecule has 0 aliphatic carbocycles. The molecule has 2 N–H and O–H groups in total. The molecule has 152 valence electrons. The molecule has 1 heterocycles. The zero-order valence-electron chi connectivity index (χ0n) is 15.7. The van der Waals surface area contributed by atoms with E-state index in [1.165, 1.54) is 12.1 Å². The Hall–Kier alpha value is -3.75. The van der Waals surface area contributed by atoms with E-state index in [-0.39, 0.29) is 5.56 Å². The lowest BCUT2D eigenvalue weighted by molar-refractivity contribution is -0.123. The quantitative estimate of drug-likeness (QED) is 0.716. The predicted octanol–water partition coefficient (Wildman–Crippen LogP) is 2.36. The van der Waals surface area contributed by atoms with Crippen molar-refractivity contribution >= 4 is 23.6 Å². The highest BCUT2D eigenvalue weighted by molar-refractivity contribution is 6.02. The van der Waals surface area contributed by atoms with E-state index in [4.69, 9.17) is 18.9 Å². The minimum Gasteiger partial charge on any atom is -0.494 e. The van der Waals surface area contributed by atoms with E-state index in [1.807, 2.05) is 6.92 Å². The largest absolute Gasteiger partial charge is 0.494 e. The Morgan fingerprint density at radius 3 is 2.45 bits per heavy atom. The Balaban J connectivity index is 1.45. The van der Waals surface area contributed by atoms with E-state index in [0.717, 1.165) is 0 Å². The van der Waals surface area contributed by atoms with Crippen LogP contribution in [0.4, 0.5) is 10.5 Å². The third-order valence-corrected chi connectivity index (χ3v) is 3.79. The highest BCUT2D eigenvalue weighted by atomic mass is 16.6. The van der Waals surface area contributed by atoms with Crippen molar-refractivity contribution in [3.8, 4) is 17.2 Å². The Bertz CT molecular complexity index is 896. The second-order valence-electron chi connectivity index (χ2n) is 5.89. The molecule has 0 fully saturated rings. The number of amides is 3. The number of ether oxygens (including phenoxy) is 4. The van der Waals surface area contributed by atoms with E-state index in [1.54, 1.807) is 30.3 Å². The van der Waals surface area contributed by atoms with Gasteiger partial charge < -0.3 is 24.3 Å². The molecule has 0 bridgehead atoms. The number of benzene rings is 2. The molecule has 2 aromatic rings. The van der Waals surface area contributed by atoms with Gasteiger partial charge in [0, 0.05) is 11.8 Å². The number of fused-ring (bicyclic) bond motifs is 1. The summed E-state index contributed by atoms with van der Waals surface area (Å²) in [5.74, 6) is 0.261. The zero-order chi connectivity index (χ0) is 20.6. The Labute approximate surface area is 166 Å². The van der Waals surface area contributed by atoms with E-state index in [0.29, 0.717) is 42.8 Å². The number of urea groups is 1. The summed E-state index contributed by atoms with van der Waals surface area (Å²) in [6.07, 6.45) is 0. The molecular weight excluding hydrogens is 380 g/mol. The average Bonchev–Trinajstić information content (AvgIpc) is 2.72. The van der Waals surface area contributed by atoms with Crippen LogP contribution < -0.4 is 24.8 Å². The third-order valence-electron chi connectivity index (χ3n) is 3.79. The lowest BCUT2D eigenvalue weighted by Crippen LogP contribution is -2.37. The van der Waals surface area contributed by atoms with Gasteiger partial charge in [0.2, 0.25) is 0 Å². The lowest BCUT2D eigenvalue weighted by Gasteiger charge is -2.19. The van der Waals surface area contributed by atoms with Crippen LogP contribution in [-0.4, -0.2) is 44.3 Å². The molecule has 0 radical (unpaired) electrons. The van der Waals surface area contributed by atoms with Crippen molar-refractivity contribution < 1.29 is 33.3 Å². The number of esters is 1. The van der Waals surface area contributed by atoms with Gasteiger partial charge in [-0.2, -0.15) is 0 Å². The molecule has 29 heavy (non-hydrogen) atoms. The third kappa shape index (κ3) is 5.61. The van der Waals surface area contributed by atoms with Gasteiger partial charge in [0.25, 0.3) is 5.91 Å². The summed E-state index contributed by atoms with van der Waals surface area (Å²) in [5, 5.41) is 4.58. The van der Waals surface area contributed by atoms with Crippen molar-refractivity contribution in [2.24, 2.45) is 0 Å². The molecule has 0 saturated carbocycles. The molecule has 0 unspecified atom stereocenters. The lowest BCUT2D eigenvalue weighted by atomic mass is 10.2. The number of rotatable bonds is 6. The van der Waals surface area contributed by atoms with Crippen LogP contribution in [-0.2, 0) is 9.53 Å². The van der Waals surface area contributed by atoms with E-state index >= 15 is 0 Å². The number of anilines is 1. The van der Waals surface area contributed by atoms with Crippen LogP contribution in [0.5, 0.6) is 17.2 Å². The number of imide groups is 1. The topological polar surface area (TPSA) is 112 Å². The van der Waals surface area contributed by atoms with Crippen LogP contribution in [0.1, 0.15) is 17.3 Å². The first kappa shape index (κ1) is 20.0. The summed E-state index contributed by atoms with van der Waals surface area (Å²) >= 11 is 0. The highest BCUT2D eigenvalue weighted by Gasteiger charge is 2.15. The maximum Gasteiger partial charge on any atom is 0.338 e. The first-order chi connectivity index (χ1) is 14.0. The molecule has 3 rings (SSSR count). The molecule has 0 spiro atoms. The first-order valence-corrected chi connectivity index (χ1v) is 8.95. The van der Waals surface area contributed by atoms with Gasteiger partial charge in [0.15, 0.2) is 18.1 Å². The van der Waals surface area contributed by atoms with Crippen LogP contribution >= 0.6 is 0 Å². The monoisotopic (exact) mass is 400 g/mol. The van der Waals surface area contributed by atoms with Gasteiger partial charge in [-0.3, -0.25) is 10.1 Å². The summed E-state index contributed by atoms with van der Waals surface area (Å²) < 4.78 is 21.0. The molecule has 1 aliphatic heterocycles. The molecule has 9 nitrogen and oxygen atoms in total. The zero-order valence-corrected chi connectivity index (χ0v) is 15.7. The van der Waals surface area contributed by atoms with Gasteiger partial charge in [-0.25, -0.2) is 9.59 Å². The van der Waals surface area contributed by atoms with E-state index < -0.39 is 24.5 Å². The minimum absolute atomic E-state index is 0.266.